The molecule has 238 valence electrons. The van der Waals surface area contributed by atoms with Crippen molar-refractivity contribution >= 4 is 61.8 Å². The summed E-state index contributed by atoms with van der Waals surface area (Å²) in [5, 5.41) is 5.63. The quantitative estimate of drug-likeness (QED) is 0.247. The summed E-state index contributed by atoms with van der Waals surface area (Å²) in [5.41, 5.74) is 2.99. The minimum atomic E-state index is -4.03. The lowest BCUT2D eigenvalue weighted by atomic mass is 10.1. The van der Waals surface area contributed by atoms with Gasteiger partial charge in [-0.1, -0.05) is 19.1 Å². The van der Waals surface area contributed by atoms with Crippen molar-refractivity contribution in [3.63, 3.8) is 0 Å². The maximum absolute atomic E-state index is 14.2. The Hall–Kier alpha value is -4.71. The van der Waals surface area contributed by atoms with E-state index in [0.717, 1.165) is 28.6 Å². The van der Waals surface area contributed by atoms with Crippen molar-refractivity contribution in [1.29, 1.82) is 0 Å². The number of ether oxygens (including phenoxy) is 1. The number of carbonyl (C=O) groups is 2. The number of amidine groups is 1. The maximum Gasteiger partial charge on any atom is 0.278 e. The van der Waals surface area contributed by atoms with E-state index in [1.54, 1.807) is 49.4 Å². The summed E-state index contributed by atoms with van der Waals surface area (Å²) in [4.78, 5) is 37.8. The summed E-state index contributed by atoms with van der Waals surface area (Å²) in [6.07, 6.45) is 0.0596. The number of nitrogens with one attached hydrogen (secondary N) is 2. The van der Waals surface area contributed by atoms with E-state index in [1.165, 1.54) is 13.1 Å². The number of hydrogen-bond acceptors (Lipinski definition) is 8. The van der Waals surface area contributed by atoms with E-state index >= 15 is 0 Å². The molecule has 1 heterocycles. The van der Waals surface area contributed by atoms with Crippen LogP contribution in [0.4, 0.5) is 28.4 Å². The first kappa shape index (κ1) is 33.2. The molecule has 2 N–H and O–H groups in total. The molecule has 4 rings (SSSR count). The number of aliphatic imine (C=N–C) groups is 2. The molecule has 11 nitrogen and oxygen atoms in total. The summed E-state index contributed by atoms with van der Waals surface area (Å²) < 4.78 is 34.0. The third-order valence-electron chi connectivity index (χ3n) is 7.19. The molecule has 3 aromatic carbocycles. The van der Waals surface area contributed by atoms with Gasteiger partial charge in [-0.05, 0) is 88.7 Å². The molecule has 45 heavy (non-hydrogen) atoms. The Bertz CT molecular complexity index is 1760. The van der Waals surface area contributed by atoms with E-state index in [0.29, 0.717) is 17.1 Å². The lowest BCUT2D eigenvalue weighted by Gasteiger charge is -2.27. The van der Waals surface area contributed by atoms with Gasteiger partial charge >= 0.3 is 0 Å². The number of hydrogen-bond donors (Lipinski definition) is 2. The Morgan fingerprint density at radius 1 is 1.00 bits per heavy atom. The molecular formula is C33H40N6O5S. The molecule has 0 fully saturated rings. The van der Waals surface area contributed by atoms with Crippen LogP contribution in [-0.2, 0) is 19.6 Å². The van der Waals surface area contributed by atoms with Crippen LogP contribution in [0.15, 0.2) is 75.5 Å². The van der Waals surface area contributed by atoms with Crippen LogP contribution < -0.4 is 20.3 Å². The summed E-state index contributed by atoms with van der Waals surface area (Å²) in [6, 6.07) is 17.0. The molecule has 0 spiro atoms. The second-order valence-electron chi connectivity index (χ2n) is 10.7. The van der Waals surface area contributed by atoms with Gasteiger partial charge in [-0.25, -0.2) is 18.4 Å². The van der Waals surface area contributed by atoms with Crippen LogP contribution in [0.1, 0.15) is 46.6 Å². The first-order valence-corrected chi connectivity index (χ1v) is 16.4. The van der Waals surface area contributed by atoms with Crippen LogP contribution in [-0.4, -0.2) is 62.3 Å². The van der Waals surface area contributed by atoms with Gasteiger partial charge in [0.05, 0.1) is 23.2 Å². The highest BCUT2D eigenvalue weighted by Crippen LogP contribution is 2.34. The van der Waals surface area contributed by atoms with Crippen molar-refractivity contribution in [1.82, 2.24) is 4.31 Å². The molecule has 1 aliphatic heterocycles. The fraction of sp³-hybridized carbons (Fsp3) is 0.333. The monoisotopic (exact) mass is 632 g/mol. The van der Waals surface area contributed by atoms with Gasteiger partial charge in [0.2, 0.25) is 5.91 Å². The van der Waals surface area contributed by atoms with Gasteiger partial charge in [0.25, 0.3) is 15.9 Å². The summed E-state index contributed by atoms with van der Waals surface area (Å²) in [7, 11) is -2.69. The van der Waals surface area contributed by atoms with Gasteiger partial charge in [-0.15, -0.1) is 0 Å². The van der Waals surface area contributed by atoms with E-state index in [-0.39, 0.29) is 46.2 Å². The summed E-state index contributed by atoms with van der Waals surface area (Å²) in [5.74, 6) is -0.684. The van der Waals surface area contributed by atoms with E-state index in [4.69, 9.17) is 9.73 Å². The molecular weight excluding hydrogens is 592 g/mol. The zero-order valence-corrected chi connectivity index (χ0v) is 27.5. The third kappa shape index (κ3) is 7.34. The minimum absolute atomic E-state index is 0.0303. The number of anilines is 3. The third-order valence-corrected chi connectivity index (χ3v) is 8.99. The van der Waals surface area contributed by atoms with Crippen LogP contribution in [0.5, 0.6) is 5.75 Å². The van der Waals surface area contributed by atoms with Gasteiger partial charge in [0.1, 0.15) is 10.6 Å². The van der Waals surface area contributed by atoms with Crippen LogP contribution in [0.25, 0.3) is 0 Å². The van der Waals surface area contributed by atoms with Crippen molar-refractivity contribution in [3.8, 4) is 5.75 Å². The lowest BCUT2D eigenvalue weighted by Crippen LogP contribution is -2.44. The largest absolute Gasteiger partial charge is 0.489 e. The molecule has 0 aliphatic carbocycles. The molecule has 0 atom stereocenters. The van der Waals surface area contributed by atoms with Crippen molar-refractivity contribution in [2.24, 2.45) is 9.98 Å². The zero-order valence-electron chi connectivity index (χ0n) is 26.7. The predicted octanol–water partition coefficient (Wildman–Crippen LogP) is 6.05. The molecule has 12 heteroatoms. The van der Waals surface area contributed by atoms with Gasteiger partial charge in [0, 0.05) is 37.9 Å². The van der Waals surface area contributed by atoms with E-state index in [2.05, 4.69) is 34.4 Å². The van der Waals surface area contributed by atoms with Gasteiger partial charge in [-0.2, -0.15) is 0 Å². The van der Waals surface area contributed by atoms with Crippen molar-refractivity contribution in [2.75, 3.05) is 35.7 Å². The number of rotatable bonds is 11. The number of aryl methyl sites for hydroxylation is 1. The van der Waals surface area contributed by atoms with Crippen LogP contribution in [0.3, 0.4) is 0 Å². The number of fused-ring (bicyclic) bond motifs is 1. The number of para-hydroxylation sites is 1. The fourth-order valence-electron chi connectivity index (χ4n) is 4.78. The van der Waals surface area contributed by atoms with E-state index in [1.807, 2.05) is 32.9 Å². The number of benzene rings is 3. The average Bonchev–Trinajstić information content (AvgIpc) is 3.00. The SMILES string of the molecule is CCC(=O)Nc1ccc(OC(C)C)c(NC(=O)C(=Nc2ccc(N(CC)CC)cc2C)C2=Nc3ccccc3S(=O)(=O)N2C)c1. The van der Waals surface area contributed by atoms with E-state index < -0.39 is 15.9 Å². The Labute approximate surface area is 265 Å². The second kappa shape index (κ2) is 13.9. The first-order chi connectivity index (χ1) is 21.4. The number of amides is 2. The van der Waals surface area contributed by atoms with Gasteiger partial charge in [-0.3, -0.25) is 13.9 Å². The standard InChI is InChI=1S/C33H40N6O5S/c1-8-30(40)34-23-15-18-28(44-21(4)5)27(20-23)37-33(41)31(35-25-17-16-24(19-22(25)6)39(9-2)10-3)32-36-26-13-11-12-14-29(26)45(42,43)38(32)7/h11-21H,8-10H2,1-7H3,(H,34,40)(H,37,41). The molecule has 3 aromatic rings. The topological polar surface area (TPSA) is 133 Å². The Morgan fingerprint density at radius 3 is 2.36 bits per heavy atom. The molecule has 0 unspecified atom stereocenters. The summed E-state index contributed by atoms with van der Waals surface area (Å²) >= 11 is 0. The Kier molecular flexibility index (Phi) is 10.3. The normalized spacial score (nSPS) is 14.0. The highest BCUT2D eigenvalue weighted by atomic mass is 32.2. The van der Waals surface area contributed by atoms with Crippen molar-refractivity contribution in [2.45, 2.75) is 59.0 Å². The number of sulfonamides is 1. The second-order valence-corrected chi connectivity index (χ2v) is 12.7. The minimum Gasteiger partial charge on any atom is -0.489 e. The van der Waals surface area contributed by atoms with E-state index in [9.17, 15) is 18.0 Å². The predicted molar refractivity (Wildman–Crippen MR) is 180 cm³/mol. The molecule has 0 saturated carbocycles. The highest BCUT2D eigenvalue weighted by molar-refractivity contribution is 7.90. The fourth-order valence-corrected chi connectivity index (χ4v) is 6.06. The summed E-state index contributed by atoms with van der Waals surface area (Å²) in [6.45, 7) is 13.1. The molecule has 0 radical (unpaired) electrons. The van der Waals surface area contributed by atoms with Crippen LogP contribution in [0.2, 0.25) is 0 Å². The average molecular weight is 633 g/mol. The van der Waals surface area contributed by atoms with Gasteiger partial charge in [0.15, 0.2) is 11.5 Å². The lowest BCUT2D eigenvalue weighted by molar-refractivity contribution is -0.116. The molecule has 0 bridgehead atoms. The molecule has 2 amide bonds. The van der Waals surface area contributed by atoms with Crippen molar-refractivity contribution in [3.05, 3.63) is 66.2 Å². The molecule has 0 aromatic heterocycles. The Balaban J connectivity index is 1.87. The highest BCUT2D eigenvalue weighted by Gasteiger charge is 2.36. The smallest absolute Gasteiger partial charge is 0.278 e. The molecule has 1 aliphatic rings. The number of nitrogens with zero attached hydrogens (tertiary/aromatic N) is 4. The van der Waals surface area contributed by atoms with Crippen LogP contribution in [0, 0.1) is 6.92 Å². The molecule has 0 saturated heterocycles. The van der Waals surface area contributed by atoms with Crippen molar-refractivity contribution < 1.29 is 22.7 Å². The van der Waals surface area contributed by atoms with Gasteiger partial charge < -0.3 is 20.3 Å². The zero-order chi connectivity index (χ0) is 32.9. The maximum atomic E-state index is 14.2. The Morgan fingerprint density at radius 2 is 1.71 bits per heavy atom. The van der Waals surface area contributed by atoms with Crippen LogP contribution >= 0.6 is 0 Å². The number of carbonyl (C=O) groups excluding carboxylic acids is 2. The first-order valence-electron chi connectivity index (χ1n) is 14.9.